The van der Waals surface area contributed by atoms with Gasteiger partial charge in [0.2, 0.25) is 0 Å². The number of piperidine rings is 1. The van der Waals surface area contributed by atoms with Gasteiger partial charge in [0.05, 0.1) is 11.2 Å². The summed E-state index contributed by atoms with van der Waals surface area (Å²) in [7, 11) is 2.12. The fourth-order valence-electron chi connectivity index (χ4n) is 3.77. The Kier molecular flexibility index (Phi) is 3.68. The molecule has 2 aliphatic rings. The third-order valence-electron chi connectivity index (χ3n) is 5.08. The number of likely N-dealkylation sites (N-methyl/N-ethyl adjacent to an activating group) is 1. The number of fused-ring (bicyclic) bond motifs is 1. The summed E-state index contributed by atoms with van der Waals surface area (Å²) >= 11 is 1.85. The van der Waals surface area contributed by atoms with E-state index >= 15 is 0 Å². The highest BCUT2D eigenvalue weighted by Crippen LogP contribution is 2.43. The van der Waals surface area contributed by atoms with E-state index < -0.39 is 0 Å². The van der Waals surface area contributed by atoms with Crippen molar-refractivity contribution in [2.45, 2.75) is 63.5 Å². The monoisotopic (exact) mass is 293 g/mol. The molecule has 3 heterocycles. The quantitative estimate of drug-likeness (QED) is 0.908. The molecule has 112 valence electrons. The highest BCUT2D eigenvalue weighted by atomic mass is 32.1. The van der Waals surface area contributed by atoms with Gasteiger partial charge in [-0.25, -0.2) is 4.98 Å². The zero-order valence-electron chi connectivity index (χ0n) is 13.2. The molecule has 2 fully saturated rings. The average molecular weight is 293 g/mol. The van der Waals surface area contributed by atoms with Gasteiger partial charge in [-0.1, -0.05) is 27.2 Å². The fourth-order valence-corrected chi connectivity index (χ4v) is 5.11. The second-order valence-electron chi connectivity index (χ2n) is 7.31. The lowest BCUT2D eigenvalue weighted by Crippen LogP contribution is -2.52. The van der Waals surface area contributed by atoms with Crippen molar-refractivity contribution in [2.75, 3.05) is 20.1 Å². The zero-order valence-corrected chi connectivity index (χ0v) is 14.0. The molecular weight excluding hydrogens is 266 g/mol. The van der Waals surface area contributed by atoms with Crippen LogP contribution >= 0.6 is 11.3 Å². The van der Waals surface area contributed by atoms with Crippen molar-refractivity contribution in [2.24, 2.45) is 0 Å². The van der Waals surface area contributed by atoms with Crippen LogP contribution in [0.1, 0.15) is 57.2 Å². The lowest BCUT2D eigenvalue weighted by molar-refractivity contribution is 0.141. The number of thiazole rings is 1. The molecule has 1 N–H and O–H groups in total. The van der Waals surface area contributed by atoms with Gasteiger partial charge >= 0.3 is 0 Å². The molecule has 3 nitrogen and oxygen atoms in total. The Morgan fingerprint density at radius 2 is 2.15 bits per heavy atom. The average Bonchev–Trinajstić information content (AvgIpc) is 3.03. The van der Waals surface area contributed by atoms with Gasteiger partial charge in [0.1, 0.15) is 5.01 Å². The molecule has 0 radical (unpaired) electrons. The maximum atomic E-state index is 5.03. The summed E-state index contributed by atoms with van der Waals surface area (Å²) in [6.45, 7) is 9.24. The molecule has 1 aromatic heterocycles. The number of nitrogens with zero attached hydrogens (tertiary/aromatic N) is 2. The summed E-state index contributed by atoms with van der Waals surface area (Å²) < 4.78 is 0. The van der Waals surface area contributed by atoms with E-state index in [4.69, 9.17) is 4.98 Å². The first-order valence-corrected chi connectivity index (χ1v) is 8.75. The minimum atomic E-state index is 0.0919. The number of hydrogen-bond acceptors (Lipinski definition) is 4. The van der Waals surface area contributed by atoms with Gasteiger partial charge in [0.15, 0.2) is 0 Å². The molecular formula is C16H27N3S. The first-order chi connectivity index (χ1) is 9.47. The Bertz CT molecular complexity index is 476. The van der Waals surface area contributed by atoms with Crippen molar-refractivity contribution >= 4 is 11.3 Å². The number of rotatable bonds is 2. The Morgan fingerprint density at radius 3 is 2.80 bits per heavy atom. The number of hydrogen-bond donors (Lipinski definition) is 1. The van der Waals surface area contributed by atoms with Crippen LogP contribution in [-0.4, -0.2) is 36.1 Å². The second-order valence-corrected chi connectivity index (χ2v) is 8.16. The molecule has 0 aliphatic carbocycles. The highest BCUT2D eigenvalue weighted by Gasteiger charge is 2.50. The summed E-state index contributed by atoms with van der Waals surface area (Å²) in [5.41, 5.74) is 1.48. The van der Waals surface area contributed by atoms with Gasteiger partial charge in [-0.2, -0.15) is 0 Å². The maximum Gasteiger partial charge on any atom is 0.115 e. The van der Waals surface area contributed by atoms with E-state index in [0.29, 0.717) is 6.04 Å². The summed E-state index contributed by atoms with van der Waals surface area (Å²) in [6.07, 6.45) is 5.24. The maximum absolute atomic E-state index is 5.03. The van der Waals surface area contributed by atoms with E-state index in [2.05, 4.69) is 43.4 Å². The van der Waals surface area contributed by atoms with Gasteiger partial charge in [0, 0.05) is 23.4 Å². The Hall–Kier alpha value is -0.450. The molecule has 3 rings (SSSR count). The SMILES string of the molecule is CNC1(c2nc(C(C)(C)C)cs2)CCN2CCCCC21. The Morgan fingerprint density at radius 1 is 1.35 bits per heavy atom. The largest absolute Gasteiger partial charge is 0.307 e. The lowest BCUT2D eigenvalue weighted by Gasteiger charge is -2.39. The van der Waals surface area contributed by atoms with E-state index in [-0.39, 0.29) is 11.0 Å². The van der Waals surface area contributed by atoms with Crippen LogP contribution in [0.15, 0.2) is 5.38 Å². The van der Waals surface area contributed by atoms with Crippen molar-refractivity contribution in [1.82, 2.24) is 15.2 Å². The zero-order chi connectivity index (χ0) is 14.4. The van der Waals surface area contributed by atoms with Crippen molar-refractivity contribution in [3.05, 3.63) is 16.1 Å². The van der Waals surface area contributed by atoms with E-state index in [1.807, 2.05) is 11.3 Å². The third kappa shape index (κ3) is 2.22. The summed E-state index contributed by atoms with van der Waals surface area (Å²) in [5, 5.41) is 7.23. The first kappa shape index (κ1) is 14.5. The standard InChI is InChI=1S/C16H27N3S/c1-15(2,3)12-11-20-14(18-12)16(17-4)8-10-19-9-6-5-7-13(16)19/h11,13,17H,5-10H2,1-4H3. The molecule has 0 spiro atoms. The summed E-state index contributed by atoms with van der Waals surface area (Å²) in [4.78, 5) is 7.71. The summed E-state index contributed by atoms with van der Waals surface area (Å²) in [5.74, 6) is 0. The van der Waals surface area contributed by atoms with Gasteiger partial charge in [-0.05, 0) is 32.9 Å². The van der Waals surface area contributed by atoms with Gasteiger partial charge in [0.25, 0.3) is 0 Å². The van der Waals surface area contributed by atoms with Crippen molar-refractivity contribution in [3.63, 3.8) is 0 Å². The van der Waals surface area contributed by atoms with Crippen LogP contribution in [-0.2, 0) is 11.0 Å². The normalized spacial score (nSPS) is 31.5. The number of aromatic nitrogens is 1. The van der Waals surface area contributed by atoms with Crippen molar-refractivity contribution in [1.29, 1.82) is 0 Å². The highest BCUT2D eigenvalue weighted by molar-refractivity contribution is 7.09. The third-order valence-corrected chi connectivity index (χ3v) is 6.10. The van der Waals surface area contributed by atoms with Crippen LogP contribution in [0.2, 0.25) is 0 Å². The van der Waals surface area contributed by atoms with E-state index in [0.717, 1.165) is 0 Å². The molecule has 0 saturated carbocycles. The molecule has 1 aromatic rings. The molecule has 0 aromatic carbocycles. The molecule has 2 atom stereocenters. The van der Waals surface area contributed by atoms with Crippen LogP contribution in [0, 0.1) is 0 Å². The van der Waals surface area contributed by atoms with Crippen molar-refractivity contribution in [3.8, 4) is 0 Å². The van der Waals surface area contributed by atoms with E-state index in [9.17, 15) is 0 Å². The molecule has 0 amide bonds. The predicted octanol–water partition coefficient (Wildman–Crippen LogP) is 3.11. The minimum absolute atomic E-state index is 0.0919. The van der Waals surface area contributed by atoms with Crippen molar-refractivity contribution < 1.29 is 0 Å². The molecule has 4 heteroatoms. The van der Waals surface area contributed by atoms with E-state index in [1.54, 1.807) is 0 Å². The molecule has 0 bridgehead atoms. The van der Waals surface area contributed by atoms with Crippen LogP contribution in [0.4, 0.5) is 0 Å². The Balaban J connectivity index is 1.95. The van der Waals surface area contributed by atoms with E-state index in [1.165, 1.54) is 49.5 Å². The van der Waals surface area contributed by atoms with Crippen LogP contribution < -0.4 is 5.32 Å². The molecule has 2 aliphatic heterocycles. The fraction of sp³-hybridized carbons (Fsp3) is 0.812. The van der Waals surface area contributed by atoms with Crippen LogP contribution in [0.25, 0.3) is 0 Å². The van der Waals surface area contributed by atoms with Crippen LogP contribution in [0.5, 0.6) is 0 Å². The first-order valence-electron chi connectivity index (χ1n) is 7.87. The van der Waals surface area contributed by atoms with Gasteiger partial charge in [-0.3, -0.25) is 4.90 Å². The lowest BCUT2D eigenvalue weighted by atomic mass is 9.85. The minimum Gasteiger partial charge on any atom is -0.307 e. The van der Waals surface area contributed by atoms with Gasteiger partial charge < -0.3 is 5.32 Å². The summed E-state index contributed by atoms with van der Waals surface area (Å²) in [6, 6.07) is 0.639. The van der Waals surface area contributed by atoms with Crippen LogP contribution in [0.3, 0.4) is 0 Å². The number of nitrogens with one attached hydrogen (secondary N) is 1. The second kappa shape index (κ2) is 5.08. The Labute approximate surface area is 126 Å². The van der Waals surface area contributed by atoms with Gasteiger partial charge in [-0.15, -0.1) is 11.3 Å². The topological polar surface area (TPSA) is 28.2 Å². The molecule has 20 heavy (non-hydrogen) atoms. The molecule has 2 saturated heterocycles. The molecule has 2 unspecified atom stereocenters. The predicted molar refractivity (Wildman–Crippen MR) is 85.4 cm³/mol. The smallest absolute Gasteiger partial charge is 0.115 e.